The molecule has 0 atom stereocenters. The number of thiol groups is 3. The highest BCUT2D eigenvalue weighted by atomic mass is 32.3. The van der Waals surface area contributed by atoms with E-state index in [1.807, 2.05) is 47.0 Å². The molecule has 0 aromatic heterocycles. The second-order valence-electron chi connectivity index (χ2n) is 3.49. The summed E-state index contributed by atoms with van der Waals surface area (Å²) in [6.45, 7) is 0.273. The van der Waals surface area contributed by atoms with Gasteiger partial charge in [-0.25, -0.2) is 0 Å². The van der Waals surface area contributed by atoms with Crippen molar-refractivity contribution in [3.05, 3.63) is 0 Å². The summed E-state index contributed by atoms with van der Waals surface area (Å²) in [7, 11) is 0. The van der Waals surface area contributed by atoms with E-state index in [1.54, 1.807) is 0 Å². The third-order valence-corrected chi connectivity index (χ3v) is 9.85. The van der Waals surface area contributed by atoms with Crippen molar-refractivity contribution in [3.8, 4) is 0 Å². The lowest BCUT2D eigenvalue weighted by Gasteiger charge is -2.32. The van der Waals surface area contributed by atoms with Gasteiger partial charge >= 0.3 is 0 Å². The van der Waals surface area contributed by atoms with Crippen LogP contribution in [-0.2, 0) is 0 Å². The molecule has 19 heavy (non-hydrogen) atoms. The fourth-order valence-electron chi connectivity index (χ4n) is 1.31. The Hall–Kier alpha value is 2.41. The van der Waals surface area contributed by atoms with Crippen molar-refractivity contribution in [3.63, 3.8) is 0 Å². The molecule has 0 amide bonds. The topological polar surface area (TPSA) is 20.2 Å². The molecule has 8 heteroatoms. The second kappa shape index (κ2) is 15.3. The highest BCUT2D eigenvalue weighted by Gasteiger charge is 2.30. The fourth-order valence-corrected chi connectivity index (χ4v) is 7.75. The van der Waals surface area contributed by atoms with Crippen LogP contribution >= 0.6 is 84.9 Å². The molecule has 0 saturated heterocycles. The predicted molar refractivity (Wildman–Crippen MR) is 111 cm³/mol. The Bertz CT molecular complexity index is 172. The maximum Gasteiger partial charge on any atom is 0.107 e. The van der Waals surface area contributed by atoms with Gasteiger partial charge in [0.15, 0.2) is 0 Å². The standard InChI is InChI=1S/C11H24OS7/c12-2-7-16-6-1-11(17-8-3-13,18-9-4-14)19-10-5-15/h12-15H,1-10H2. The summed E-state index contributed by atoms with van der Waals surface area (Å²) in [6.07, 6.45) is 1.15. The SMILES string of the molecule is OCCSCCC(SCCS)(SCCS)SCCS. The number of aliphatic hydroxyl groups excluding tert-OH is 1. The molecule has 0 rings (SSSR count). The van der Waals surface area contributed by atoms with E-state index >= 15 is 0 Å². The van der Waals surface area contributed by atoms with Crippen molar-refractivity contribution >= 4 is 84.9 Å². The molecule has 0 aromatic rings. The zero-order valence-electron chi connectivity index (χ0n) is 11.0. The van der Waals surface area contributed by atoms with Crippen molar-refractivity contribution in [2.75, 3.05) is 52.6 Å². The highest BCUT2D eigenvalue weighted by Crippen LogP contribution is 2.50. The summed E-state index contributed by atoms with van der Waals surface area (Å²) in [5, 5.41) is 8.85. The molecule has 0 saturated carbocycles. The maximum atomic E-state index is 8.85. The van der Waals surface area contributed by atoms with Gasteiger partial charge in [-0.05, 0) is 29.4 Å². The number of aliphatic hydroxyl groups is 1. The van der Waals surface area contributed by atoms with Crippen LogP contribution in [0.5, 0.6) is 0 Å². The molecule has 0 unspecified atom stereocenters. The van der Waals surface area contributed by atoms with E-state index in [2.05, 4.69) is 37.9 Å². The van der Waals surface area contributed by atoms with Gasteiger partial charge in [-0.3, -0.25) is 0 Å². The van der Waals surface area contributed by atoms with Crippen LogP contribution < -0.4 is 0 Å². The fraction of sp³-hybridized carbons (Fsp3) is 1.00. The first-order valence-electron chi connectivity index (χ1n) is 6.17. The van der Waals surface area contributed by atoms with Gasteiger partial charge in [0.2, 0.25) is 0 Å². The first kappa shape index (κ1) is 21.4. The first-order chi connectivity index (χ1) is 9.24. The molecule has 0 radical (unpaired) electrons. The predicted octanol–water partition coefficient (Wildman–Crippen LogP) is 3.74. The van der Waals surface area contributed by atoms with Crippen LogP contribution in [0.3, 0.4) is 0 Å². The van der Waals surface area contributed by atoms with E-state index in [0.717, 1.165) is 52.4 Å². The van der Waals surface area contributed by atoms with Crippen LogP contribution in [0.2, 0.25) is 0 Å². The second-order valence-corrected chi connectivity index (χ2v) is 11.0. The zero-order valence-corrected chi connectivity index (χ0v) is 16.9. The Morgan fingerprint density at radius 3 is 1.58 bits per heavy atom. The van der Waals surface area contributed by atoms with Gasteiger partial charge in [0, 0.05) is 23.0 Å². The first-order valence-corrected chi connectivity index (χ1v) is 12.2. The Morgan fingerprint density at radius 1 is 0.737 bits per heavy atom. The molecular formula is C11H24OS7. The lowest BCUT2D eigenvalue weighted by atomic mass is 10.5. The van der Waals surface area contributed by atoms with Gasteiger partial charge in [-0.1, -0.05) is 0 Å². The van der Waals surface area contributed by atoms with Gasteiger partial charge in [-0.2, -0.15) is 49.6 Å². The monoisotopic (exact) mass is 396 g/mol. The largest absolute Gasteiger partial charge is 0.396 e. The quantitative estimate of drug-likeness (QED) is 0.203. The summed E-state index contributed by atoms with van der Waals surface area (Å²) >= 11 is 20.9. The molecule has 0 heterocycles. The van der Waals surface area contributed by atoms with Crippen LogP contribution in [0.1, 0.15) is 6.42 Å². The lowest BCUT2D eigenvalue weighted by molar-refractivity contribution is 0.322. The van der Waals surface area contributed by atoms with Crippen LogP contribution in [-0.4, -0.2) is 61.1 Å². The zero-order chi connectivity index (χ0) is 14.4. The van der Waals surface area contributed by atoms with Crippen molar-refractivity contribution in [1.29, 1.82) is 0 Å². The van der Waals surface area contributed by atoms with E-state index in [4.69, 9.17) is 5.11 Å². The summed E-state index contributed by atoms with van der Waals surface area (Å²) in [6, 6.07) is 0. The Balaban J connectivity index is 4.38. The molecule has 0 aliphatic heterocycles. The summed E-state index contributed by atoms with van der Waals surface area (Å²) < 4.78 is 0.205. The molecule has 0 aromatic carbocycles. The molecular weight excluding hydrogens is 373 g/mol. The maximum absolute atomic E-state index is 8.85. The van der Waals surface area contributed by atoms with Crippen molar-refractivity contribution in [2.24, 2.45) is 0 Å². The van der Waals surface area contributed by atoms with E-state index in [0.29, 0.717) is 0 Å². The molecule has 116 valence electrons. The number of hydrogen-bond donors (Lipinski definition) is 4. The Kier molecular flexibility index (Phi) is 17.3. The minimum absolute atomic E-state index is 0.205. The van der Waals surface area contributed by atoms with Gasteiger partial charge in [0.25, 0.3) is 0 Å². The van der Waals surface area contributed by atoms with Gasteiger partial charge < -0.3 is 5.11 Å². The van der Waals surface area contributed by atoms with Crippen molar-refractivity contribution in [1.82, 2.24) is 0 Å². The minimum Gasteiger partial charge on any atom is -0.396 e. The highest BCUT2D eigenvalue weighted by molar-refractivity contribution is 8.34. The van der Waals surface area contributed by atoms with Crippen LogP contribution in [0, 0.1) is 0 Å². The summed E-state index contributed by atoms with van der Waals surface area (Å²) in [4.78, 5) is 0. The molecule has 0 spiro atoms. The van der Waals surface area contributed by atoms with Crippen molar-refractivity contribution < 1.29 is 5.11 Å². The third-order valence-electron chi connectivity index (χ3n) is 2.03. The van der Waals surface area contributed by atoms with Crippen LogP contribution in [0.4, 0.5) is 0 Å². The van der Waals surface area contributed by atoms with Gasteiger partial charge in [-0.15, -0.1) is 35.3 Å². The molecule has 0 fully saturated rings. The Morgan fingerprint density at radius 2 is 1.21 bits per heavy atom. The third kappa shape index (κ3) is 11.6. The van der Waals surface area contributed by atoms with Crippen LogP contribution in [0.15, 0.2) is 0 Å². The van der Waals surface area contributed by atoms with E-state index < -0.39 is 0 Å². The summed E-state index contributed by atoms with van der Waals surface area (Å²) in [5.41, 5.74) is 0. The number of thioether (sulfide) groups is 4. The van der Waals surface area contributed by atoms with E-state index in [1.165, 1.54) is 0 Å². The molecule has 1 N–H and O–H groups in total. The molecule has 1 nitrogen and oxygen atoms in total. The molecule has 0 bridgehead atoms. The molecule has 0 aliphatic rings. The van der Waals surface area contributed by atoms with Crippen LogP contribution in [0.25, 0.3) is 0 Å². The summed E-state index contributed by atoms with van der Waals surface area (Å²) in [5.74, 6) is 7.91. The average Bonchev–Trinajstić information content (AvgIpc) is 2.44. The number of hydrogen-bond acceptors (Lipinski definition) is 8. The lowest BCUT2D eigenvalue weighted by Crippen LogP contribution is -2.20. The molecule has 0 aliphatic carbocycles. The van der Waals surface area contributed by atoms with E-state index in [-0.39, 0.29) is 10.0 Å². The van der Waals surface area contributed by atoms with E-state index in [9.17, 15) is 0 Å². The normalized spacial score (nSPS) is 12.0. The smallest absolute Gasteiger partial charge is 0.107 e. The Labute approximate surface area is 151 Å². The van der Waals surface area contributed by atoms with Gasteiger partial charge in [0.05, 0.1) is 6.61 Å². The average molecular weight is 397 g/mol. The van der Waals surface area contributed by atoms with Gasteiger partial charge in [0.1, 0.15) is 3.41 Å². The van der Waals surface area contributed by atoms with Crippen molar-refractivity contribution in [2.45, 2.75) is 9.83 Å². The number of rotatable bonds is 14. The minimum atomic E-state index is 0.205.